The topological polar surface area (TPSA) is 166 Å². The molecule has 5 amide bonds. The lowest BCUT2D eigenvalue weighted by atomic mass is 9.72. The van der Waals surface area contributed by atoms with E-state index in [1.165, 1.54) is 12.8 Å². The van der Waals surface area contributed by atoms with Crippen molar-refractivity contribution in [1.82, 2.24) is 30.4 Å². The van der Waals surface area contributed by atoms with Gasteiger partial charge in [0.05, 0.1) is 22.9 Å². The molecule has 4 aliphatic rings. The summed E-state index contributed by atoms with van der Waals surface area (Å²) in [5.74, 6) is -0.429. The van der Waals surface area contributed by atoms with Gasteiger partial charge >= 0.3 is 0 Å². The number of aromatic nitrogens is 2. The predicted molar refractivity (Wildman–Crippen MR) is 202 cm³/mol. The third-order valence-corrected chi connectivity index (χ3v) is 11.1. The van der Waals surface area contributed by atoms with Gasteiger partial charge in [0, 0.05) is 43.7 Å². The Labute approximate surface area is 315 Å². The SMILES string of the molecule is CN1CCC2(CC1)CN(c1ncncc1Oc1ccccc1C(=O)NCCCCCCCCNc1ccc3c(c1)C(=O)N(C1CCC(=O)NC1=O)C3=O)C2. The highest BCUT2D eigenvalue weighted by atomic mass is 16.5. The molecule has 0 bridgehead atoms. The third-order valence-electron chi connectivity index (χ3n) is 11.1. The van der Waals surface area contributed by atoms with Crippen molar-refractivity contribution in [2.45, 2.75) is 70.3 Å². The Morgan fingerprint density at radius 2 is 1.63 bits per heavy atom. The molecule has 284 valence electrons. The second-order valence-electron chi connectivity index (χ2n) is 15.0. The van der Waals surface area contributed by atoms with Gasteiger partial charge in [0.2, 0.25) is 11.8 Å². The number of benzene rings is 2. The van der Waals surface area contributed by atoms with Crippen molar-refractivity contribution in [3.05, 3.63) is 71.7 Å². The summed E-state index contributed by atoms with van der Waals surface area (Å²) in [5, 5.41) is 8.60. The summed E-state index contributed by atoms with van der Waals surface area (Å²) >= 11 is 0. The Morgan fingerprint density at radius 3 is 2.41 bits per heavy atom. The molecule has 14 nitrogen and oxygen atoms in total. The summed E-state index contributed by atoms with van der Waals surface area (Å²) < 4.78 is 6.30. The van der Waals surface area contributed by atoms with E-state index in [0.717, 1.165) is 81.1 Å². The van der Waals surface area contributed by atoms with Crippen molar-refractivity contribution in [2.24, 2.45) is 5.41 Å². The van der Waals surface area contributed by atoms with Gasteiger partial charge in [-0.2, -0.15) is 0 Å². The van der Waals surface area contributed by atoms with Gasteiger partial charge in [-0.3, -0.25) is 34.2 Å². The minimum atomic E-state index is -0.976. The van der Waals surface area contributed by atoms with Gasteiger partial charge in [0.15, 0.2) is 11.6 Å². The van der Waals surface area contributed by atoms with Crippen molar-refractivity contribution in [1.29, 1.82) is 0 Å². The molecule has 1 spiro atoms. The molecule has 3 N–H and O–H groups in total. The van der Waals surface area contributed by atoms with Gasteiger partial charge in [-0.1, -0.05) is 37.8 Å². The quantitative estimate of drug-likeness (QED) is 0.150. The Balaban J connectivity index is 0.794. The number of para-hydroxylation sites is 1. The molecule has 5 heterocycles. The minimum absolute atomic E-state index is 0.0867. The number of ether oxygens (including phenoxy) is 1. The van der Waals surface area contributed by atoms with E-state index in [1.54, 1.807) is 42.9 Å². The number of carbonyl (C=O) groups excluding carboxylic acids is 5. The summed E-state index contributed by atoms with van der Waals surface area (Å²) in [4.78, 5) is 77.4. The summed E-state index contributed by atoms with van der Waals surface area (Å²) in [5.41, 5.74) is 2.08. The molecule has 4 aliphatic heterocycles. The van der Waals surface area contributed by atoms with Crippen molar-refractivity contribution in [2.75, 3.05) is 56.5 Å². The van der Waals surface area contributed by atoms with E-state index in [0.29, 0.717) is 35.6 Å². The molecule has 0 saturated carbocycles. The summed E-state index contributed by atoms with van der Waals surface area (Å²) in [6.07, 6.45) is 11.7. The molecule has 1 aromatic heterocycles. The van der Waals surface area contributed by atoms with Gasteiger partial charge < -0.3 is 25.2 Å². The largest absolute Gasteiger partial charge is 0.451 e. The van der Waals surface area contributed by atoms with E-state index in [1.807, 2.05) is 12.1 Å². The molecule has 14 heteroatoms. The predicted octanol–water partition coefficient (Wildman–Crippen LogP) is 4.38. The minimum Gasteiger partial charge on any atom is -0.451 e. The van der Waals surface area contributed by atoms with Gasteiger partial charge in [-0.15, -0.1) is 0 Å². The normalized spacial score (nSPS) is 19.4. The van der Waals surface area contributed by atoms with Crippen LogP contribution in [0.5, 0.6) is 11.5 Å². The number of piperidine rings is 2. The van der Waals surface area contributed by atoms with Crippen molar-refractivity contribution < 1.29 is 28.7 Å². The first-order valence-electron chi connectivity index (χ1n) is 19.1. The van der Waals surface area contributed by atoms with E-state index in [2.05, 4.69) is 42.8 Å². The number of rotatable bonds is 15. The fraction of sp³-hybridized carbons (Fsp3) is 0.475. The van der Waals surface area contributed by atoms with Crippen LogP contribution in [0.3, 0.4) is 0 Å². The first kappa shape index (κ1) is 37.0. The number of nitrogens with one attached hydrogen (secondary N) is 3. The van der Waals surface area contributed by atoms with Gasteiger partial charge in [-0.25, -0.2) is 9.97 Å². The zero-order chi connectivity index (χ0) is 37.7. The highest BCUT2D eigenvalue weighted by molar-refractivity contribution is 6.23. The van der Waals surface area contributed by atoms with Crippen LogP contribution in [0, 0.1) is 5.41 Å². The maximum absolute atomic E-state index is 13.2. The molecule has 0 aliphatic carbocycles. The fourth-order valence-electron chi connectivity index (χ4n) is 7.87. The Bertz CT molecular complexity index is 1900. The summed E-state index contributed by atoms with van der Waals surface area (Å²) in [6.45, 7) is 5.42. The van der Waals surface area contributed by atoms with Crippen LogP contribution < -0.4 is 25.6 Å². The van der Waals surface area contributed by atoms with Crippen LogP contribution in [0.25, 0.3) is 0 Å². The second kappa shape index (κ2) is 16.3. The standard InChI is InChI=1S/C40H48N8O6/c1-46-20-16-40(17-21-46)24-47(25-40)35-33(23-41-26-44-35)54-32-11-7-6-10-29(32)36(50)43-19-9-5-3-2-4-8-18-42-27-12-13-28-30(22-27)39(53)48(38(28)52)31-14-15-34(49)45-37(31)51/h6-7,10-13,22-23,26,31,42H,2-5,8-9,14-21,24-25H2,1H3,(H,43,50)(H,45,49,51). The number of hydrogen-bond acceptors (Lipinski definition) is 11. The van der Waals surface area contributed by atoms with E-state index < -0.39 is 29.7 Å². The summed E-state index contributed by atoms with van der Waals surface area (Å²) in [7, 11) is 2.18. The molecule has 3 fully saturated rings. The lowest BCUT2D eigenvalue weighted by Crippen LogP contribution is -2.60. The van der Waals surface area contributed by atoms with E-state index in [-0.39, 0.29) is 29.9 Å². The van der Waals surface area contributed by atoms with Crippen LogP contribution in [0.4, 0.5) is 11.5 Å². The smallest absolute Gasteiger partial charge is 0.262 e. The molecular weight excluding hydrogens is 688 g/mol. The van der Waals surface area contributed by atoms with E-state index in [4.69, 9.17) is 4.74 Å². The average Bonchev–Trinajstić information content (AvgIpc) is 3.40. The molecule has 3 saturated heterocycles. The van der Waals surface area contributed by atoms with Crippen molar-refractivity contribution >= 4 is 41.0 Å². The number of anilines is 2. The molecule has 1 unspecified atom stereocenters. The Kier molecular flexibility index (Phi) is 11.2. The second-order valence-corrected chi connectivity index (χ2v) is 15.0. The number of likely N-dealkylation sites (tertiary alicyclic amines) is 1. The highest BCUT2D eigenvalue weighted by Gasteiger charge is 2.46. The molecule has 2 aromatic carbocycles. The van der Waals surface area contributed by atoms with Gasteiger partial charge in [0.25, 0.3) is 17.7 Å². The number of imide groups is 2. The van der Waals surface area contributed by atoms with Crippen LogP contribution in [-0.4, -0.2) is 102 Å². The van der Waals surface area contributed by atoms with Crippen LogP contribution in [0.15, 0.2) is 55.0 Å². The number of unbranched alkanes of at least 4 members (excludes halogenated alkanes) is 5. The first-order valence-corrected chi connectivity index (χ1v) is 19.1. The molecule has 7 rings (SSSR count). The molecule has 3 aromatic rings. The maximum atomic E-state index is 13.2. The summed E-state index contributed by atoms with van der Waals surface area (Å²) in [6, 6.07) is 11.3. The molecular formula is C40H48N8O6. The lowest BCUT2D eigenvalue weighted by molar-refractivity contribution is -0.136. The molecule has 54 heavy (non-hydrogen) atoms. The lowest BCUT2D eigenvalue weighted by Gasteiger charge is -2.54. The number of hydrogen-bond donors (Lipinski definition) is 3. The van der Waals surface area contributed by atoms with Crippen molar-refractivity contribution in [3.8, 4) is 11.5 Å². The zero-order valence-electron chi connectivity index (χ0n) is 30.8. The molecule has 0 radical (unpaired) electrons. The van der Waals surface area contributed by atoms with E-state index >= 15 is 0 Å². The fourth-order valence-corrected chi connectivity index (χ4v) is 7.87. The average molecular weight is 737 g/mol. The van der Waals surface area contributed by atoms with Crippen LogP contribution in [0.1, 0.15) is 95.3 Å². The zero-order valence-corrected chi connectivity index (χ0v) is 30.8. The van der Waals surface area contributed by atoms with Crippen LogP contribution >= 0.6 is 0 Å². The number of amides is 5. The third kappa shape index (κ3) is 8.08. The molecule has 1 atom stereocenters. The Hall–Kier alpha value is -5.37. The highest BCUT2D eigenvalue weighted by Crippen LogP contribution is 2.44. The van der Waals surface area contributed by atoms with Crippen LogP contribution in [-0.2, 0) is 9.59 Å². The number of fused-ring (bicyclic) bond motifs is 1. The van der Waals surface area contributed by atoms with Gasteiger partial charge in [0.1, 0.15) is 18.1 Å². The van der Waals surface area contributed by atoms with Gasteiger partial charge in [-0.05, 0) is 82.6 Å². The number of carbonyl (C=O) groups is 5. The monoisotopic (exact) mass is 736 g/mol. The first-order chi connectivity index (χ1) is 26.2. The Morgan fingerprint density at radius 1 is 0.907 bits per heavy atom. The van der Waals surface area contributed by atoms with E-state index in [9.17, 15) is 24.0 Å². The van der Waals surface area contributed by atoms with Crippen LogP contribution in [0.2, 0.25) is 0 Å². The van der Waals surface area contributed by atoms with Crippen molar-refractivity contribution in [3.63, 3.8) is 0 Å². The maximum Gasteiger partial charge on any atom is 0.262 e. The number of nitrogens with zero attached hydrogens (tertiary/aromatic N) is 5.